The zero-order valence-electron chi connectivity index (χ0n) is 22.4. The summed E-state index contributed by atoms with van der Waals surface area (Å²) in [6.45, 7) is 6.17. The molecule has 39 heavy (non-hydrogen) atoms. The van der Waals surface area contributed by atoms with Gasteiger partial charge in [-0.3, -0.25) is 9.59 Å². The van der Waals surface area contributed by atoms with E-state index >= 15 is 0 Å². The number of piperidine rings is 1. The molecule has 0 aromatic heterocycles. The first kappa shape index (κ1) is 29.8. The van der Waals surface area contributed by atoms with Crippen LogP contribution < -0.4 is 0 Å². The highest BCUT2D eigenvalue weighted by Gasteiger charge is 2.53. The summed E-state index contributed by atoms with van der Waals surface area (Å²) in [6, 6.07) is 13.3. The first-order valence-electron chi connectivity index (χ1n) is 13.1. The van der Waals surface area contributed by atoms with Crippen LogP contribution in [0.25, 0.3) is 0 Å². The predicted octanol–water partition coefficient (Wildman–Crippen LogP) is 5.76. The lowest BCUT2D eigenvalue weighted by atomic mass is 9.67. The van der Waals surface area contributed by atoms with Crippen LogP contribution in [0.15, 0.2) is 48.5 Å². The number of carbonyl (C=O) groups excluding carboxylic acids is 1. The van der Waals surface area contributed by atoms with Gasteiger partial charge in [-0.1, -0.05) is 68.2 Å². The van der Waals surface area contributed by atoms with E-state index in [0.717, 1.165) is 11.1 Å². The number of amides is 1. The second kappa shape index (κ2) is 11.4. The van der Waals surface area contributed by atoms with E-state index in [-0.39, 0.29) is 36.2 Å². The van der Waals surface area contributed by atoms with E-state index in [0.29, 0.717) is 29.7 Å². The van der Waals surface area contributed by atoms with Gasteiger partial charge in [0.1, 0.15) is 0 Å². The molecule has 10 heteroatoms. The number of nitrogens with zero attached hydrogens (tertiary/aromatic N) is 1. The molecule has 2 aromatic carbocycles. The number of halogens is 2. The second-order valence-electron chi connectivity index (χ2n) is 11.6. The topological polar surface area (TPSA) is 101 Å². The maximum Gasteiger partial charge on any atom is 0.304 e. The SMILES string of the molecule is CC[C@@H](CS(=O)(=O)CC1(C)COC1)N1C(=O)[C@@](C)(CC(=O)O)C[C@H](c2cccc(Cl)c2)[C@H]1c1ccc(Cl)cc1. The van der Waals surface area contributed by atoms with Crippen LogP contribution in [0.3, 0.4) is 0 Å². The quantitative estimate of drug-likeness (QED) is 0.374. The lowest BCUT2D eigenvalue weighted by Gasteiger charge is -2.52. The maximum atomic E-state index is 14.3. The van der Waals surface area contributed by atoms with Gasteiger partial charge in [0, 0.05) is 27.4 Å². The molecular weight excluding hydrogens is 561 g/mol. The minimum Gasteiger partial charge on any atom is -0.481 e. The molecule has 4 atom stereocenters. The van der Waals surface area contributed by atoms with Crippen molar-refractivity contribution in [2.45, 2.75) is 58.0 Å². The average Bonchev–Trinajstić information content (AvgIpc) is 2.83. The van der Waals surface area contributed by atoms with Crippen LogP contribution in [0.2, 0.25) is 10.0 Å². The Morgan fingerprint density at radius 3 is 2.31 bits per heavy atom. The molecule has 2 saturated heterocycles. The number of sulfone groups is 1. The molecule has 4 rings (SSSR count). The summed E-state index contributed by atoms with van der Waals surface area (Å²) in [5.74, 6) is -2.03. The summed E-state index contributed by atoms with van der Waals surface area (Å²) >= 11 is 12.6. The Bertz CT molecular complexity index is 1330. The Kier molecular flexibility index (Phi) is 8.72. The van der Waals surface area contributed by atoms with Crippen molar-refractivity contribution in [1.82, 2.24) is 4.90 Å². The third kappa shape index (κ3) is 6.62. The minimum atomic E-state index is -3.58. The van der Waals surface area contributed by atoms with Crippen LogP contribution >= 0.6 is 23.2 Å². The van der Waals surface area contributed by atoms with Crippen LogP contribution in [0.1, 0.15) is 63.1 Å². The van der Waals surface area contributed by atoms with E-state index in [1.165, 1.54) is 0 Å². The van der Waals surface area contributed by atoms with Gasteiger partial charge in [0.05, 0.1) is 42.6 Å². The third-order valence-electron chi connectivity index (χ3n) is 7.91. The first-order valence-corrected chi connectivity index (χ1v) is 15.7. The summed E-state index contributed by atoms with van der Waals surface area (Å²) in [6.07, 6.45) is 0.278. The standard InChI is InChI=1S/C29H35Cl2NO6S/c1-4-23(15-39(36,37)18-28(2)16-38-17-28)32-26(19-8-10-21(30)11-9-19)24(20-6-5-7-22(31)12-20)13-29(3,27(32)35)14-25(33)34/h5-12,23-24,26H,4,13-18H2,1-3H3,(H,33,34)/t23-,24+,26+,29+/m0/s1. The number of ether oxygens (including phenoxy) is 1. The smallest absolute Gasteiger partial charge is 0.304 e. The molecule has 0 saturated carbocycles. The van der Waals surface area contributed by atoms with Crippen LogP contribution in [0, 0.1) is 10.8 Å². The molecule has 2 aromatic rings. The zero-order chi connectivity index (χ0) is 28.6. The van der Waals surface area contributed by atoms with Crippen molar-refractivity contribution < 1.29 is 27.9 Å². The van der Waals surface area contributed by atoms with E-state index < -0.39 is 38.7 Å². The first-order chi connectivity index (χ1) is 18.3. The highest BCUT2D eigenvalue weighted by molar-refractivity contribution is 7.91. The Balaban J connectivity index is 1.85. The van der Waals surface area contributed by atoms with Crippen molar-refractivity contribution in [2.75, 3.05) is 24.7 Å². The summed E-state index contributed by atoms with van der Waals surface area (Å²) in [5.41, 5.74) is -0.0364. The molecule has 0 spiro atoms. The number of carboxylic acids is 1. The monoisotopic (exact) mass is 595 g/mol. The number of likely N-dealkylation sites (tertiary alicyclic amines) is 1. The lowest BCUT2D eigenvalue weighted by Crippen LogP contribution is -2.58. The molecular formula is C29H35Cl2NO6S. The molecule has 2 aliphatic rings. The Morgan fingerprint density at radius 1 is 1.10 bits per heavy atom. The number of aliphatic carboxylic acids is 1. The molecule has 0 unspecified atom stereocenters. The summed E-state index contributed by atoms with van der Waals surface area (Å²) in [7, 11) is -3.58. The molecule has 0 bridgehead atoms. The number of benzene rings is 2. The predicted molar refractivity (Wildman–Crippen MR) is 152 cm³/mol. The van der Waals surface area contributed by atoms with Crippen LogP contribution in [-0.4, -0.2) is 61.1 Å². The van der Waals surface area contributed by atoms with Crippen LogP contribution in [0.4, 0.5) is 0 Å². The van der Waals surface area contributed by atoms with Crippen molar-refractivity contribution in [3.63, 3.8) is 0 Å². The molecule has 7 nitrogen and oxygen atoms in total. The minimum absolute atomic E-state index is 0.0335. The van der Waals surface area contributed by atoms with E-state index in [2.05, 4.69) is 0 Å². The van der Waals surface area contributed by atoms with E-state index in [4.69, 9.17) is 27.9 Å². The van der Waals surface area contributed by atoms with Crippen LogP contribution in [-0.2, 0) is 24.2 Å². The molecule has 2 aliphatic heterocycles. The highest BCUT2D eigenvalue weighted by Crippen LogP contribution is 2.52. The molecule has 0 aliphatic carbocycles. The van der Waals surface area contributed by atoms with Gasteiger partial charge >= 0.3 is 5.97 Å². The van der Waals surface area contributed by atoms with Crippen LogP contribution in [0.5, 0.6) is 0 Å². The molecule has 0 radical (unpaired) electrons. The van der Waals surface area contributed by atoms with Gasteiger partial charge in [0.2, 0.25) is 5.91 Å². The Hall–Kier alpha value is -2.13. The molecule has 1 N–H and O–H groups in total. The summed E-state index contributed by atoms with van der Waals surface area (Å²) < 4.78 is 32.2. The largest absolute Gasteiger partial charge is 0.481 e. The number of hydrogen-bond donors (Lipinski definition) is 1. The normalized spacial score (nSPS) is 25.7. The van der Waals surface area contributed by atoms with Gasteiger partial charge in [-0.15, -0.1) is 0 Å². The third-order valence-corrected chi connectivity index (χ3v) is 10.4. The fraction of sp³-hybridized carbons (Fsp3) is 0.517. The van der Waals surface area contributed by atoms with Gasteiger partial charge in [0.25, 0.3) is 0 Å². The summed E-state index contributed by atoms with van der Waals surface area (Å²) in [5, 5.41) is 10.8. The van der Waals surface area contributed by atoms with Gasteiger partial charge in [-0.25, -0.2) is 8.42 Å². The van der Waals surface area contributed by atoms with Crippen molar-refractivity contribution in [3.05, 3.63) is 69.7 Å². The van der Waals surface area contributed by atoms with Gasteiger partial charge < -0.3 is 14.7 Å². The number of carboxylic acid groups (broad SMARTS) is 1. The average molecular weight is 597 g/mol. The molecule has 1 amide bonds. The van der Waals surface area contributed by atoms with Gasteiger partial charge in [-0.05, 0) is 48.2 Å². The van der Waals surface area contributed by atoms with Crippen molar-refractivity contribution >= 4 is 44.9 Å². The fourth-order valence-electron chi connectivity index (χ4n) is 6.09. The fourth-order valence-corrected chi connectivity index (χ4v) is 8.75. The Labute approximate surface area is 240 Å². The van der Waals surface area contributed by atoms with E-state index in [1.54, 1.807) is 30.0 Å². The van der Waals surface area contributed by atoms with Crippen molar-refractivity contribution in [1.29, 1.82) is 0 Å². The molecule has 2 fully saturated rings. The van der Waals surface area contributed by atoms with Crippen molar-refractivity contribution in [3.8, 4) is 0 Å². The molecule has 212 valence electrons. The van der Waals surface area contributed by atoms with E-state index in [1.807, 2.05) is 44.2 Å². The number of carbonyl (C=O) groups is 2. The maximum absolute atomic E-state index is 14.3. The van der Waals surface area contributed by atoms with Gasteiger partial charge in [-0.2, -0.15) is 0 Å². The highest BCUT2D eigenvalue weighted by atomic mass is 35.5. The summed E-state index contributed by atoms with van der Waals surface area (Å²) in [4.78, 5) is 27.9. The number of rotatable bonds is 10. The zero-order valence-corrected chi connectivity index (χ0v) is 24.7. The lowest BCUT2D eigenvalue weighted by molar-refractivity contribution is -0.160. The van der Waals surface area contributed by atoms with Crippen molar-refractivity contribution in [2.24, 2.45) is 10.8 Å². The number of hydrogen-bond acceptors (Lipinski definition) is 5. The van der Waals surface area contributed by atoms with E-state index in [9.17, 15) is 23.1 Å². The molecule has 2 heterocycles. The Morgan fingerprint density at radius 2 is 1.77 bits per heavy atom. The second-order valence-corrected chi connectivity index (χ2v) is 14.6. The van der Waals surface area contributed by atoms with Gasteiger partial charge in [0.15, 0.2) is 9.84 Å².